The Balaban J connectivity index is 1.96. The van der Waals surface area contributed by atoms with Gasteiger partial charge in [-0.1, -0.05) is 11.8 Å². The minimum Gasteiger partial charge on any atom is -0.365 e. The van der Waals surface area contributed by atoms with Crippen molar-refractivity contribution in [2.75, 3.05) is 18.0 Å². The van der Waals surface area contributed by atoms with E-state index in [2.05, 4.69) is 17.2 Å². The number of halogens is 1. The Morgan fingerprint density at radius 2 is 1.96 bits per heavy atom. The number of nitrogens with one attached hydrogen (secondary N) is 1. The molecule has 5 N–H and O–H groups in total. The zero-order chi connectivity index (χ0) is 19.4. The predicted octanol–water partition coefficient (Wildman–Crippen LogP) is 2.02. The molecule has 6 nitrogen and oxygen atoms in total. The van der Waals surface area contributed by atoms with E-state index in [4.69, 9.17) is 11.5 Å². The Labute approximate surface area is 160 Å². The van der Waals surface area contributed by atoms with E-state index in [0.717, 1.165) is 30.7 Å². The lowest BCUT2D eigenvalue weighted by Gasteiger charge is -2.33. The Morgan fingerprint density at radius 1 is 1.22 bits per heavy atom. The molecule has 27 heavy (non-hydrogen) atoms. The summed E-state index contributed by atoms with van der Waals surface area (Å²) in [6.45, 7) is 1.47. The number of thiophene rings is 1. The molecule has 0 unspecified atom stereocenters. The largest absolute Gasteiger partial charge is 0.365 e. The number of rotatable bonds is 3. The monoisotopic (exact) mass is 386 g/mol. The van der Waals surface area contributed by atoms with Gasteiger partial charge in [-0.15, -0.1) is 11.3 Å². The van der Waals surface area contributed by atoms with E-state index in [9.17, 15) is 14.0 Å². The molecule has 0 saturated carbocycles. The van der Waals surface area contributed by atoms with E-state index in [0.29, 0.717) is 22.7 Å². The standard InChI is InChI=1S/C19H19FN4O2S/c20-13-6-3-12(4-7-13)5-8-15-10-16(17(27-15)18(21)25)24(19(22)26)14-2-1-9-23-11-14/h3-4,6-7,10,14,23H,1-2,9,11H2,(H2,21,25)(H2,22,26)/t14-/m0/s1. The SMILES string of the molecule is NC(=O)c1sc(C#Cc2ccc(F)cc2)cc1N(C(N)=O)[C@H]1CCCNC1. The molecular weight excluding hydrogens is 367 g/mol. The van der Waals surface area contributed by atoms with Crippen LogP contribution in [0.4, 0.5) is 14.9 Å². The quantitative estimate of drug-likeness (QED) is 0.704. The van der Waals surface area contributed by atoms with Crippen LogP contribution in [0.3, 0.4) is 0 Å². The van der Waals surface area contributed by atoms with Gasteiger partial charge in [-0.3, -0.25) is 9.69 Å². The number of carbonyl (C=O) groups excluding carboxylic acids is 2. The van der Waals surface area contributed by atoms with Crippen LogP contribution in [-0.2, 0) is 0 Å². The van der Waals surface area contributed by atoms with Gasteiger partial charge in [-0.25, -0.2) is 9.18 Å². The number of benzene rings is 1. The van der Waals surface area contributed by atoms with Crippen LogP contribution >= 0.6 is 11.3 Å². The van der Waals surface area contributed by atoms with Crippen molar-refractivity contribution in [2.45, 2.75) is 18.9 Å². The molecule has 140 valence electrons. The number of primary amides is 2. The molecule has 0 spiro atoms. The Kier molecular flexibility index (Phi) is 5.74. The molecule has 1 aliphatic heterocycles. The summed E-state index contributed by atoms with van der Waals surface area (Å²) in [5.74, 6) is 4.87. The fourth-order valence-corrected chi connectivity index (χ4v) is 3.87. The van der Waals surface area contributed by atoms with Crippen LogP contribution < -0.4 is 21.7 Å². The molecule has 1 aromatic heterocycles. The summed E-state index contributed by atoms with van der Waals surface area (Å²) in [5, 5.41) is 3.23. The van der Waals surface area contributed by atoms with Crippen molar-refractivity contribution in [3.8, 4) is 11.8 Å². The maximum Gasteiger partial charge on any atom is 0.319 e. The molecule has 1 aliphatic rings. The lowest BCUT2D eigenvalue weighted by atomic mass is 10.1. The highest BCUT2D eigenvalue weighted by Gasteiger charge is 2.29. The third-order valence-electron chi connectivity index (χ3n) is 4.24. The average Bonchev–Trinajstić information content (AvgIpc) is 3.06. The first kappa shape index (κ1) is 18.9. The van der Waals surface area contributed by atoms with Crippen LogP contribution in [0.15, 0.2) is 30.3 Å². The number of nitrogens with zero attached hydrogens (tertiary/aromatic N) is 1. The van der Waals surface area contributed by atoms with E-state index < -0.39 is 11.9 Å². The minimum absolute atomic E-state index is 0.151. The second-order valence-corrected chi connectivity index (χ2v) is 7.21. The van der Waals surface area contributed by atoms with Gasteiger partial charge < -0.3 is 16.8 Å². The highest BCUT2D eigenvalue weighted by molar-refractivity contribution is 7.15. The van der Waals surface area contributed by atoms with Gasteiger partial charge in [0.2, 0.25) is 0 Å². The smallest absolute Gasteiger partial charge is 0.319 e. The predicted molar refractivity (Wildman–Crippen MR) is 103 cm³/mol. The maximum atomic E-state index is 13.0. The van der Waals surface area contributed by atoms with Crippen molar-refractivity contribution in [3.63, 3.8) is 0 Å². The van der Waals surface area contributed by atoms with Gasteiger partial charge in [-0.05, 0) is 49.7 Å². The van der Waals surface area contributed by atoms with Crippen molar-refractivity contribution in [3.05, 3.63) is 51.5 Å². The number of piperidine rings is 1. The van der Waals surface area contributed by atoms with Crippen molar-refractivity contribution in [1.29, 1.82) is 0 Å². The van der Waals surface area contributed by atoms with Crippen LogP contribution in [-0.4, -0.2) is 31.1 Å². The van der Waals surface area contributed by atoms with Crippen molar-refractivity contribution in [2.24, 2.45) is 11.5 Å². The average molecular weight is 386 g/mol. The molecule has 8 heteroatoms. The van der Waals surface area contributed by atoms with Gasteiger partial charge in [0.25, 0.3) is 5.91 Å². The van der Waals surface area contributed by atoms with Crippen LogP contribution in [0.1, 0.15) is 33.0 Å². The zero-order valence-electron chi connectivity index (χ0n) is 14.5. The summed E-state index contributed by atoms with van der Waals surface area (Å²) in [5.41, 5.74) is 12.1. The van der Waals surface area contributed by atoms with Gasteiger partial charge in [0.15, 0.2) is 0 Å². The third-order valence-corrected chi connectivity index (χ3v) is 5.30. The molecule has 1 fully saturated rings. The molecule has 1 aromatic carbocycles. The molecule has 3 rings (SSSR count). The number of amides is 3. The normalized spacial score (nSPS) is 16.3. The fraction of sp³-hybridized carbons (Fsp3) is 0.263. The number of urea groups is 1. The van der Waals surface area contributed by atoms with E-state index in [1.54, 1.807) is 18.2 Å². The highest BCUT2D eigenvalue weighted by atomic mass is 32.1. The Morgan fingerprint density at radius 3 is 2.56 bits per heavy atom. The Bertz CT molecular complexity index is 908. The molecule has 2 aromatic rings. The summed E-state index contributed by atoms with van der Waals surface area (Å²) in [6.07, 6.45) is 1.68. The van der Waals surface area contributed by atoms with E-state index in [-0.39, 0.29) is 16.7 Å². The summed E-state index contributed by atoms with van der Waals surface area (Å²) in [4.78, 5) is 26.2. The first-order valence-corrected chi connectivity index (χ1v) is 9.28. The maximum absolute atomic E-state index is 13.0. The fourth-order valence-electron chi connectivity index (χ4n) is 3.01. The first-order valence-electron chi connectivity index (χ1n) is 8.46. The first-order chi connectivity index (χ1) is 13.0. The highest BCUT2D eigenvalue weighted by Crippen LogP contribution is 2.32. The van der Waals surface area contributed by atoms with Crippen LogP contribution in [0.25, 0.3) is 0 Å². The second-order valence-electron chi connectivity index (χ2n) is 6.15. The molecule has 0 aliphatic carbocycles. The summed E-state index contributed by atoms with van der Waals surface area (Å²) in [7, 11) is 0. The van der Waals surface area contributed by atoms with Crippen LogP contribution in [0.5, 0.6) is 0 Å². The molecule has 1 atom stereocenters. The minimum atomic E-state index is -0.639. The summed E-state index contributed by atoms with van der Waals surface area (Å²) < 4.78 is 13.0. The molecule has 2 heterocycles. The molecule has 3 amide bonds. The number of anilines is 1. The number of carbonyl (C=O) groups is 2. The Hall–Kier alpha value is -2.89. The van der Waals surface area contributed by atoms with Crippen LogP contribution in [0.2, 0.25) is 0 Å². The number of hydrogen-bond acceptors (Lipinski definition) is 4. The van der Waals surface area contributed by atoms with Gasteiger partial charge in [0, 0.05) is 12.1 Å². The van der Waals surface area contributed by atoms with Crippen molar-refractivity contribution >= 4 is 29.0 Å². The zero-order valence-corrected chi connectivity index (χ0v) is 15.3. The van der Waals surface area contributed by atoms with E-state index in [1.807, 2.05) is 0 Å². The molecule has 1 saturated heterocycles. The third kappa shape index (κ3) is 4.45. The summed E-state index contributed by atoms with van der Waals surface area (Å²) in [6, 6.07) is 6.64. The van der Waals surface area contributed by atoms with Crippen molar-refractivity contribution in [1.82, 2.24) is 5.32 Å². The van der Waals surface area contributed by atoms with Crippen molar-refractivity contribution < 1.29 is 14.0 Å². The topological polar surface area (TPSA) is 101 Å². The molecule has 0 bridgehead atoms. The lowest BCUT2D eigenvalue weighted by molar-refractivity contribution is 0.100. The van der Waals surface area contributed by atoms with Gasteiger partial charge in [0.05, 0.1) is 16.6 Å². The van der Waals surface area contributed by atoms with Gasteiger partial charge in [0.1, 0.15) is 10.7 Å². The number of nitrogens with two attached hydrogens (primary N) is 2. The van der Waals surface area contributed by atoms with E-state index in [1.165, 1.54) is 17.0 Å². The summed E-state index contributed by atoms with van der Waals surface area (Å²) >= 11 is 1.11. The van der Waals surface area contributed by atoms with Gasteiger partial charge >= 0.3 is 6.03 Å². The van der Waals surface area contributed by atoms with Gasteiger partial charge in [-0.2, -0.15) is 0 Å². The molecule has 0 radical (unpaired) electrons. The van der Waals surface area contributed by atoms with E-state index >= 15 is 0 Å². The number of hydrogen-bond donors (Lipinski definition) is 3. The van der Waals surface area contributed by atoms with Crippen LogP contribution in [0, 0.1) is 17.7 Å². The molecular formula is C19H19FN4O2S. The lowest BCUT2D eigenvalue weighted by Crippen LogP contribution is -2.51. The second kappa shape index (κ2) is 8.20.